The van der Waals surface area contributed by atoms with Crippen LogP contribution in [0.15, 0.2) is 0 Å². The maximum absolute atomic E-state index is 12.7. The number of aryl methyl sites for hydroxylation is 1. The molecule has 7 heteroatoms. The number of halogens is 4. The summed E-state index contributed by atoms with van der Waals surface area (Å²) in [5.74, 6) is -0.358. The van der Waals surface area contributed by atoms with Crippen LogP contribution < -0.4 is 5.73 Å². The van der Waals surface area contributed by atoms with Crippen LogP contribution in [0.2, 0.25) is 5.15 Å². The van der Waals surface area contributed by atoms with Crippen LogP contribution >= 0.6 is 11.6 Å². The SMILES string of the molecule is CC(CCN)c1c(C(F)(F)F)nn(C)c1Cl. The van der Waals surface area contributed by atoms with Gasteiger partial charge in [-0.2, -0.15) is 18.3 Å². The van der Waals surface area contributed by atoms with Gasteiger partial charge in [0.2, 0.25) is 0 Å². The number of alkyl halides is 3. The predicted octanol–water partition coefficient (Wildman–Crippen LogP) is 2.54. The zero-order valence-electron chi connectivity index (χ0n) is 8.98. The molecular weight excluding hydrogens is 243 g/mol. The normalized spacial score (nSPS) is 14.2. The first-order chi connectivity index (χ1) is 7.29. The molecule has 0 spiro atoms. The Labute approximate surface area is 96.4 Å². The highest BCUT2D eigenvalue weighted by atomic mass is 35.5. The quantitative estimate of drug-likeness (QED) is 0.902. The summed E-state index contributed by atoms with van der Waals surface area (Å²) in [5, 5.41) is 3.43. The van der Waals surface area contributed by atoms with Crippen molar-refractivity contribution in [2.75, 3.05) is 6.54 Å². The Kier molecular flexibility index (Phi) is 3.85. The second kappa shape index (κ2) is 4.63. The molecule has 0 radical (unpaired) electrons. The second-order valence-electron chi connectivity index (χ2n) is 3.65. The monoisotopic (exact) mass is 255 g/mol. The average molecular weight is 256 g/mol. The predicted molar refractivity (Wildman–Crippen MR) is 55.3 cm³/mol. The third kappa shape index (κ3) is 2.49. The van der Waals surface area contributed by atoms with Gasteiger partial charge in [-0.05, 0) is 18.9 Å². The maximum atomic E-state index is 12.7. The van der Waals surface area contributed by atoms with Gasteiger partial charge < -0.3 is 5.73 Å². The minimum Gasteiger partial charge on any atom is -0.330 e. The van der Waals surface area contributed by atoms with Gasteiger partial charge in [0.25, 0.3) is 0 Å². The van der Waals surface area contributed by atoms with Gasteiger partial charge in [-0.1, -0.05) is 18.5 Å². The van der Waals surface area contributed by atoms with Crippen molar-refractivity contribution in [1.82, 2.24) is 9.78 Å². The summed E-state index contributed by atoms with van der Waals surface area (Å²) < 4.78 is 39.1. The molecule has 3 nitrogen and oxygen atoms in total. The molecule has 1 aromatic rings. The Bertz CT molecular complexity index is 373. The molecule has 1 unspecified atom stereocenters. The van der Waals surface area contributed by atoms with E-state index in [1.165, 1.54) is 7.05 Å². The largest absolute Gasteiger partial charge is 0.435 e. The molecule has 0 saturated carbocycles. The summed E-state index contributed by atoms with van der Waals surface area (Å²) in [7, 11) is 1.39. The van der Waals surface area contributed by atoms with E-state index in [4.69, 9.17) is 17.3 Å². The molecule has 0 aliphatic rings. The van der Waals surface area contributed by atoms with E-state index in [2.05, 4.69) is 5.10 Å². The molecule has 0 bridgehead atoms. The number of nitrogens with two attached hydrogens (primary N) is 1. The maximum Gasteiger partial charge on any atom is 0.435 e. The van der Waals surface area contributed by atoms with Gasteiger partial charge in [-0.15, -0.1) is 0 Å². The lowest BCUT2D eigenvalue weighted by Gasteiger charge is -2.12. The fourth-order valence-corrected chi connectivity index (χ4v) is 1.87. The summed E-state index contributed by atoms with van der Waals surface area (Å²) >= 11 is 5.81. The van der Waals surface area contributed by atoms with Crippen molar-refractivity contribution >= 4 is 11.6 Å². The summed E-state index contributed by atoms with van der Waals surface area (Å²) in [5.41, 5.74) is 4.45. The van der Waals surface area contributed by atoms with Crippen LogP contribution in [0.4, 0.5) is 13.2 Å². The average Bonchev–Trinajstić information content (AvgIpc) is 2.43. The molecule has 1 rings (SSSR count). The Morgan fingerprint density at radius 2 is 2.06 bits per heavy atom. The van der Waals surface area contributed by atoms with E-state index < -0.39 is 11.9 Å². The van der Waals surface area contributed by atoms with E-state index in [1.54, 1.807) is 6.92 Å². The zero-order chi connectivity index (χ0) is 12.5. The topological polar surface area (TPSA) is 43.8 Å². The Morgan fingerprint density at radius 3 is 2.50 bits per heavy atom. The lowest BCUT2D eigenvalue weighted by molar-refractivity contribution is -0.142. The van der Waals surface area contributed by atoms with E-state index >= 15 is 0 Å². The number of nitrogens with zero attached hydrogens (tertiary/aromatic N) is 2. The van der Waals surface area contributed by atoms with Crippen molar-refractivity contribution in [1.29, 1.82) is 0 Å². The highest BCUT2D eigenvalue weighted by molar-refractivity contribution is 6.30. The summed E-state index contributed by atoms with van der Waals surface area (Å²) in [6.07, 6.45) is -4.04. The summed E-state index contributed by atoms with van der Waals surface area (Å²) in [6.45, 7) is 1.97. The lowest BCUT2D eigenvalue weighted by atomic mass is 9.98. The molecule has 2 N–H and O–H groups in total. The van der Waals surface area contributed by atoms with Gasteiger partial charge in [0.1, 0.15) is 5.15 Å². The molecule has 0 saturated heterocycles. The minimum absolute atomic E-state index is 0.0216. The van der Waals surface area contributed by atoms with E-state index in [-0.39, 0.29) is 16.6 Å². The van der Waals surface area contributed by atoms with Crippen LogP contribution in [-0.2, 0) is 13.2 Å². The van der Waals surface area contributed by atoms with Gasteiger partial charge in [-0.25, -0.2) is 0 Å². The van der Waals surface area contributed by atoms with Crippen LogP contribution in [0.5, 0.6) is 0 Å². The summed E-state index contributed by atoms with van der Waals surface area (Å²) in [6, 6.07) is 0. The van der Waals surface area contributed by atoms with Gasteiger partial charge in [0.05, 0.1) is 0 Å². The third-order valence-corrected chi connectivity index (χ3v) is 2.82. The zero-order valence-corrected chi connectivity index (χ0v) is 9.73. The first-order valence-electron chi connectivity index (χ1n) is 4.78. The van der Waals surface area contributed by atoms with Crippen molar-refractivity contribution in [3.63, 3.8) is 0 Å². The Balaban J connectivity index is 3.24. The second-order valence-corrected chi connectivity index (χ2v) is 4.01. The van der Waals surface area contributed by atoms with Crippen molar-refractivity contribution in [2.24, 2.45) is 12.8 Å². The molecule has 92 valence electrons. The van der Waals surface area contributed by atoms with Gasteiger partial charge in [0.15, 0.2) is 5.69 Å². The van der Waals surface area contributed by atoms with Crippen LogP contribution in [0.25, 0.3) is 0 Å². The molecule has 0 aromatic carbocycles. The van der Waals surface area contributed by atoms with E-state index in [9.17, 15) is 13.2 Å². The van der Waals surface area contributed by atoms with E-state index in [1.807, 2.05) is 0 Å². The van der Waals surface area contributed by atoms with Crippen LogP contribution in [0.3, 0.4) is 0 Å². The number of hydrogen-bond donors (Lipinski definition) is 1. The van der Waals surface area contributed by atoms with Crippen molar-refractivity contribution in [3.8, 4) is 0 Å². The molecule has 0 amide bonds. The van der Waals surface area contributed by atoms with Crippen molar-refractivity contribution < 1.29 is 13.2 Å². The molecule has 1 heterocycles. The molecular formula is C9H13ClF3N3. The van der Waals surface area contributed by atoms with Gasteiger partial charge >= 0.3 is 6.18 Å². The molecule has 0 fully saturated rings. The third-order valence-electron chi connectivity index (χ3n) is 2.37. The number of hydrogen-bond acceptors (Lipinski definition) is 2. The minimum atomic E-state index is -4.48. The van der Waals surface area contributed by atoms with Crippen LogP contribution in [0.1, 0.15) is 30.5 Å². The van der Waals surface area contributed by atoms with Gasteiger partial charge in [-0.3, -0.25) is 4.68 Å². The molecule has 0 aliphatic carbocycles. The van der Waals surface area contributed by atoms with Crippen molar-refractivity contribution in [2.45, 2.75) is 25.4 Å². The standard InChI is InChI=1S/C9H13ClF3N3/c1-5(3-4-14)6-7(9(11,12)13)15-16(2)8(6)10/h5H,3-4,14H2,1-2H3. The van der Waals surface area contributed by atoms with Crippen molar-refractivity contribution in [3.05, 3.63) is 16.4 Å². The number of aromatic nitrogens is 2. The smallest absolute Gasteiger partial charge is 0.330 e. The van der Waals surface area contributed by atoms with Crippen LogP contribution in [-0.4, -0.2) is 16.3 Å². The molecule has 16 heavy (non-hydrogen) atoms. The van der Waals surface area contributed by atoms with Gasteiger partial charge in [0, 0.05) is 12.6 Å². The fourth-order valence-electron chi connectivity index (χ4n) is 1.56. The molecule has 1 aromatic heterocycles. The Hall–Kier alpha value is -0.750. The fraction of sp³-hybridized carbons (Fsp3) is 0.667. The lowest BCUT2D eigenvalue weighted by Crippen LogP contribution is -2.12. The first-order valence-corrected chi connectivity index (χ1v) is 5.16. The number of rotatable bonds is 3. The summed E-state index contributed by atoms with van der Waals surface area (Å²) in [4.78, 5) is 0. The van der Waals surface area contributed by atoms with Crippen LogP contribution in [0, 0.1) is 0 Å². The van der Waals surface area contributed by atoms with E-state index in [0.29, 0.717) is 13.0 Å². The molecule has 1 atom stereocenters. The Morgan fingerprint density at radius 1 is 1.50 bits per heavy atom. The highest BCUT2D eigenvalue weighted by Crippen LogP contribution is 2.38. The molecule has 0 aliphatic heterocycles. The first kappa shape index (κ1) is 13.3. The highest BCUT2D eigenvalue weighted by Gasteiger charge is 2.39. The van der Waals surface area contributed by atoms with E-state index in [0.717, 1.165) is 4.68 Å².